The zero-order chi connectivity index (χ0) is 8.72. The van der Waals surface area contributed by atoms with E-state index < -0.39 is 0 Å². The first-order chi connectivity index (χ1) is 5.70. The lowest BCUT2D eigenvalue weighted by atomic mass is 10.00. The Bertz CT molecular complexity index is 355. The van der Waals surface area contributed by atoms with Gasteiger partial charge in [0.05, 0.1) is 6.54 Å². The van der Waals surface area contributed by atoms with E-state index in [9.17, 15) is 4.79 Å². The van der Waals surface area contributed by atoms with Gasteiger partial charge >= 0.3 is 0 Å². The van der Waals surface area contributed by atoms with Crippen LogP contribution in [0.5, 0.6) is 0 Å². The maximum Gasteiger partial charge on any atom is 0.273 e. The molecule has 1 radical (unpaired) electrons. The highest BCUT2D eigenvalue weighted by atomic mass is 16.1. The highest BCUT2D eigenvalue weighted by Gasteiger charge is 2.22. The Hall–Kier alpha value is -1.31. The first kappa shape index (κ1) is 7.35. The van der Waals surface area contributed by atoms with Crippen LogP contribution in [0.4, 0.5) is 0 Å². The van der Waals surface area contributed by atoms with Crippen LogP contribution in [0.1, 0.15) is 27.0 Å². The van der Waals surface area contributed by atoms with Crippen molar-refractivity contribution in [2.45, 2.75) is 20.4 Å². The molecule has 0 atom stereocenters. The average molecular weight is 160 g/mol. The molecule has 61 valence electrons. The summed E-state index contributed by atoms with van der Waals surface area (Å²) < 4.78 is 0. The van der Waals surface area contributed by atoms with E-state index in [1.807, 2.05) is 19.1 Å². The average Bonchev–Trinajstić information content (AvgIpc) is 2.41. The largest absolute Gasteiger partial charge is 0.273 e. The van der Waals surface area contributed by atoms with Gasteiger partial charge in [0.1, 0.15) is 0 Å². The van der Waals surface area contributed by atoms with E-state index in [4.69, 9.17) is 0 Å². The van der Waals surface area contributed by atoms with E-state index in [0.717, 1.165) is 11.1 Å². The molecule has 1 aliphatic heterocycles. The third kappa shape index (κ3) is 0.843. The molecule has 0 bridgehead atoms. The minimum atomic E-state index is -0.0619. The fourth-order valence-corrected chi connectivity index (χ4v) is 1.51. The van der Waals surface area contributed by atoms with E-state index in [2.05, 4.69) is 12.2 Å². The molecule has 0 N–H and O–H groups in total. The smallest absolute Gasteiger partial charge is 0.267 e. The summed E-state index contributed by atoms with van der Waals surface area (Å²) in [6.45, 7) is 4.67. The lowest BCUT2D eigenvalue weighted by Gasteiger charge is -2.03. The van der Waals surface area contributed by atoms with Crippen molar-refractivity contribution in [1.29, 1.82) is 0 Å². The molecule has 1 amide bonds. The third-order valence-corrected chi connectivity index (χ3v) is 2.48. The zero-order valence-electron chi connectivity index (χ0n) is 7.22. The van der Waals surface area contributed by atoms with Crippen LogP contribution in [0.15, 0.2) is 12.1 Å². The molecule has 0 aromatic heterocycles. The molecule has 1 aromatic rings. The Morgan fingerprint density at radius 1 is 1.33 bits per heavy atom. The Kier molecular flexibility index (Phi) is 1.43. The van der Waals surface area contributed by atoms with E-state index in [0.29, 0.717) is 6.54 Å². The van der Waals surface area contributed by atoms with E-state index >= 15 is 0 Å². The maximum atomic E-state index is 11.2. The number of nitrogens with zero attached hydrogens (tertiary/aromatic N) is 1. The Morgan fingerprint density at radius 3 is 2.83 bits per heavy atom. The van der Waals surface area contributed by atoms with Crippen molar-refractivity contribution in [1.82, 2.24) is 5.32 Å². The van der Waals surface area contributed by atoms with Crippen molar-refractivity contribution >= 4 is 5.91 Å². The van der Waals surface area contributed by atoms with Gasteiger partial charge < -0.3 is 0 Å². The molecule has 0 saturated carbocycles. The second-order valence-corrected chi connectivity index (χ2v) is 3.15. The summed E-state index contributed by atoms with van der Waals surface area (Å²) in [6, 6.07) is 3.85. The van der Waals surface area contributed by atoms with E-state index in [1.165, 1.54) is 11.1 Å². The third-order valence-electron chi connectivity index (χ3n) is 2.48. The van der Waals surface area contributed by atoms with Gasteiger partial charge in [0.25, 0.3) is 5.91 Å². The predicted molar refractivity (Wildman–Crippen MR) is 46.1 cm³/mol. The van der Waals surface area contributed by atoms with Crippen LogP contribution in [-0.4, -0.2) is 5.91 Å². The molecule has 0 fully saturated rings. The summed E-state index contributed by atoms with van der Waals surface area (Å²) in [4.78, 5) is 11.2. The first-order valence-corrected chi connectivity index (χ1v) is 4.01. The van der Waals surface area contributed by atoms with E-state index in [-0.39, 0.29) is 5.91 Å². The van der Waals surface area contributed by atoms with Crippen molar-refractivity contribution in [3.63, 3.8) is 0 Å². The van der Waals surface area contributed by atoms with Gasteiger partial charge in [0.15, 0.2) is 0 Å². The van der Waals surface area contributed by atoms with Crippen LogP contribution in [-0.2, 0) is 6.54 Å². The van der Waals surface area contributed by atoms with Gasteiger partial charge in [-0.25, -0.2) is 5.32 Å². The van der Waals surface area contributed by atoms with Crippen molar-refractivity contribution in [3.05, 3.63) is 34.4 Å². The molecule has 0 aliphatic carbocycles. The van der Waals surface area contributed by atoms with Crippen LogP contribution < -0.4 is 5.32 Å². The van der Waals surface area contributed by atoms with Crippen molar-refractivity contribution in [3.8, 4) is 0 Å². The molecule has 0 spiro atoms. The molecule has 1 heterocycles. The predicted octanol–water partition coefficient (Wildman–Crippen LogP) is 1.56. The molecule has 0 unspecified atom stereocenters. The summed E-state index contributed by atoms with van der Waals surface area (Å²) in [5.74, 6) is -0.0619. The number of carbonyl (C=O) groups excluding carboxylic acids is 1. The van der Waals surface area contributed by atoms with Gasteiger partial charge in [0, 0.05) is 5.56 Å². The number of benzene rings is 1. The van der Waals surface area contributed by atoms with E-state index in [1.54, 1.807) is 0 Å². The summed E-state index contributed by atoms with van der Waals surface area (Å²) in [5.41, 5.74) is 4.35. The molecule has 2 heteroatoms. The Labute approximate surface area is 71.6 Å². The second-order valence-electron chi connectivity index (χ2n) is 3.15. The highest BCUT2D eigenvalue weighted by Crippen LogP contribution is 2.22. The molecule has 12 heavy (non-hydrogen) atoms. The highest BCUT2D eigenvalue weighted by molar-refractivity contribution is 5.98. The van der Waals surface area contributed by atoms with Crippen molar-refractivity contribution < 1.29 is 4.79 Å². The van der Waals surface area contributed by atoms with Crippen LogP contribution >= 0.6 is 0 Å². The van der Waals surface area contributed by atoms with Crippen LogP contribution in [0, 0.1) is 13.8 Å². The van der Waals surface area contributed by atoms with Crippen molar-refractivity contribution in [2.75, 3.05) is 0 Å². The minimum absolute atomic E-state index is 0.0619. The summed E-state index contributed by atoms with van der Waals surface area (Å²) >= 11 is 0. The number of fused-ring (bicyclic) bond motifs is 1. The zero-order valence-corrected chi connectivity index (χ0v) is 7.22. The van der Waals surface area contributed by atoms with Gasteiger partial charge in [0.2, 0.25) is 0 Å². The van der Waals surface area contributed by atoms with Crippen LogP contribution in [0.2, 0.25) is 0 Å². The molecule has 1 aliphatic rings. The standard InChI is InChI=1S/C10H10NO/c1-6-3-4-8-9(7(6)2)5-11-10(8)12/h3-4H,5H2,1-2H3. The van der Waals surface area contributed by atoms with Gasteiger partial charge in [-0.05, 0) is 36.6 Å². The molecule has 1 aromatic carbocycles. The molecule has 2 nitrogen and oxygen atoms in total. The van der Waals surface area contributed by atoms with Gasteiger partial charge in [-0.2, -0.15) is 0 Å². The maximum absolute atomic E-state index is 11.2. The number of aryl methyl sites for hydroxylation is 1. The van der Waals surface area contributed by atoms with Gasteiger partial charge in [-0.3, -0.25) is 4.79 Å². The summed E-state index contributed by atoms with van der Waals surface area (Å²) in [7, 11) is 0. The normalized spacial score (nSPS) is 14.3. The second kappa shape index (κ2) is 2.34. The summed E-state index contributed by atoms with van der Waals surface area (Å²) in [6.07, 6.45) is 0. The van der Waals surface area contributed by atoms with Gasteiger partial charge in [-0.1, -0.05) is 6.07 Å². The number of amides is 1. The number of carbonyl (C=O) groups is 1. The Morgan fingerprint density at radius 2 is 2.08 bits per heavy atom. The molecular weight excluding hydrogens is 150 g/mol. The van der Waals surface area contributed by atoms with Crippen LogP contribution in [0.25, 0.3) is 0 Å². The lowest BCUT2D eigenvalue weighted by molar-refractivity contribution is 0.0961. The SMILES string of the molecule is Cc1ccc2c(c1C)C[N]C2=O. The quantitative estimate of drug-likeness (QED) is 0.566. The Balaban J connectivity index is 2.68. The monoisotopic (exact) mass is 160 g/mol. The lowest BCUT2D eigenvalue weighted by Crippen LogP contribution is -2.03. The number of hydrogen-bond donors (Lipinski definition) is 0. The molecule has 2 rings (SSSR count). The van der Waals surface area contributed by atoms with Crippen LogP contribution in [0.3, 0.4) is 0 Å². The molecular formula is C10H10NO. The topological polar surface area (TPSA) is 31.2 Å². The van der Waals surface area contributed by atoms with Crippen molar-refractivity contribution in [2.24, 2.45) is 0 Å². The number of rotatable bonds is 0. The van der Waals surface area contributed by atoms with Gasteiger partial charge in [-0.15, -0.1) is 0 Å². The fourth-order valence-electron chi connectivity index (χ4n) is 1.51. The first-order valence-electron chi connectivity index (χ1n) is 4.01. The minimum Gasteiger partial charge on any atom is -0.267 e. The number of hydrogen-bond acceptors (Lipinski definition) is 1. The fraction of sp³-hybridized carbons (Fsp3) is 0.300. The summed E-state index contributed by atoms with van der Waals surface area (Å²) in [5, 5.41) is 3.87. The molecule has 0 saturated heterocycles.